The van der Waals surface area contributed by atoms with Gasteiger partial charge in [-0.25, -0.2) is 0 Å². The second-order valence-corrected chi connectivity index (χ2v) is 6.94. The van der Waals surface area contributed by atoms with E-state index in [2.05, 4.69) is 18.7 Å². The predicted molar refractivity (Wildman–Crippen MR) is 82.0 cm³/mol. The minimum atomic E-state index is -0.425. The Kier molecular flexibility index (Phi) is 5.36. The number of alkyl halides is 1. The van der Waals surface area contributed by atoms with Gasteiger partial charge >= 0.3 is 0 Å². The van der Waals surface area contributed by atoms with Crippen molar-refractivity contribution in [2.24, 2.45) is 5.41 Å². The zero-order valence-electron chi connectivity index (χ0n) is 13.0. The lowest BCUT2D eigenvalue weighted by molar-refractivity contribution is -0.176. The first-order valence-electron chi connectivity index (χ1n) is 8.13. The van der Waals surface area contributed by atoms with Crippen molar-refractivity contribution in [2.45, 2.75) is 76.8 Å². The highest BCUT2D eigenvalue weighted by molar-refractivity contribution is 6.30. The van der Waals surface area contributed by atoms with Gasteiger partial charge in [0, 0.05) is 24.6 Å². The molecule has 0 heterocycles. The van der Waals surface area contributed by atoms with Crippen molar-refractivity contribution in [3.63, 3.8) is 0 Å². The van der Waals surface area contributed by atoms with Gasteiger partial charge in [-0.3, -0.25) is 4.79 Å². The third-order valence-corrected chi connectivity index (χ3v) is 5.30. The predicted octanol–water partition coefficient (Wildman–Crippen LogP) is 3.59. The van der Waals surface area contributed by atoms with Crippen LogP contribution in [0.1, 0.15) is 59.3 Å². The fourth-order valence-corrected chi connectivity index (χ4v) is 4.30. The van der Waals surface area contributed by atoms with Gasteiger partial charge in [-0.05, 0) is 39.5 Å². The number of carbonyl (C=O) groups is 1. The molecule has 2 rings (SSSR count). The van der Waals surface area contributed by atoms with Gasteiger partial charge in [0.25, 0.3) is 0 Å². The first kappa shape index (κ1) is 16.1. The topological polar surface area (TPSA) is 29.5 Å². The molecule has 2 aliphatic carbocycles. The van der Waals surface area contributed by atoms with Crippen molar-refractivity contribution in [3.05, 3.63) is 0 Å². The molecule has 2 fully saturated rings. The van der Waals surface area contributed by atoms with Crippen LogP contribution in [0.4, 0.5) is 0 Å². The van der Waals surface area contributed by atoms with E-state index in [1.54, 1.807) is 6.92 Å². The molecule has 116 valence electrons. The molecule has 0 saturated heterocycles. The Balaban J connectivity index is 2.15. The van der Waals surface area contributed by atoms with Crippen LogP contribution in [0.25, 0.3) is 0 Å². The Hall–Kier alpha value is -0.280. The summed E-state index contributed by atoms with van der Waals surface area (Å²) in [5.41, 5.74) is 0.215. The lowest BCUT2D eigenvalue weighted by Gasteiger charge is -2.58. The van der Waals surface area contributed by atoms with Crippen LogP contribution in [0.3, 0.4) is 0 Å². The number of hydrogen-bond acceptors (Lipinski definition) is 2. The summed E-state index contributed by atoms with van der Waals surface area (Å²) in [6.07, 6.45) is 7.26. The number of ether oxygens (including phenoxy) is 1. The third-order valence-electron chi connectivity index (χ3n) is 5.11. The van der Waals surface area contributed by atoms with Gasteiger partial charge in [-0.2, -0.15) is 0 Å². The fourth-order valence-electron chi connectivity index (χ4n) is 4.18. The van der Waals surface area contributed by atoms with Gasteiger partial charge in [-0.1, -0.05) is 19.8 Å². The van der Waals surface area contributed by atoms with E-state index in [1.807, 2.05) is 0 Å². The summed E-state index contributed by atoms with van der Waals surface area (Å²) < 4.78 is 5.94. The second kappa shape index (κ2) is 6.65. The average Bonchev–Trinajstić information content (AvgIpc) is 2.92. The van der Waals surface area contributed by atoms with Crippen molar-refractivity contribution in [2.75, 3.05) is 13.2 Å². The van der Waals surface area contributed by atoms with Crippen LogP contribution in [0.15, 0.2) is 0 Å². The van der Waals surface area contributed by atoms with Crippen LogP contribution < -0.4 is 0 Å². The van der Waals surface area contributed by atoms with Crippen LogP contribution in [-0.4, -0.2) is 41.5 Å². The number of rotatable bonds is 6. The largest absolute Gasteiger partial charge is 0.378 e. The summed E-state index contributed by atoms with van der Waals surface area (Å²) >= 11 is 6.05. The van der Waals surface area contributed by atoms with E-state index in [-0.39, 0.29) is 11.3 Å². The molecule has 0 radical (unpaired) electrons. The number of hydrogen-bond donors (Lipinski definition) is 0. The standard InChI is InChI=1S/C16H28ClNO2/c1-4-10-18(15(19)12(3)17)13-11-14(20-5-2)16(13)8-6-7-9-16/h12-14H,4-11H2,1-3H3. The van der Waals surface area contributed by atoms with Gasteiger partial charge < -0.3 is 9.64 Å². The van der Waals surface area contributed by atoms with E-state index < -0.39 is 5.38 Å². The molecule has 3 unspecified atom stereocenters. The van der Waals surface area contributed by atoms with Gasteiger partial charge in [0.1, 0.15) is 5.38 Å². The Morgan fingerprint density at radius 2 is 2.05 bits per heavy atom. The van der Waals surface area contributed by atoms with Crippen molar-refractivity contribution < 1.29 is 9.53 Å². The number of halogens is 1. The maximum absolute atomic E-state index is 12.4. The van der Waals surface area contributed by atoms with E-state index in [0.29, 0.717) is 12.1 Å². The molecule has 2 saturated carbocycles. The zero-order valence-corrected chi connectivity index (χ0v) is 13.8. The molecule has 1 amide bonds. The summed E-state index contributed by atoms with van der Waals surface area (Å²) in [6, 6.07) is 0.343. The monoisotopic (exact) mass is 301 g/mol. The zero-order chi connectivity index (χ0) is 14.8. The molecule has 0 aliphatic heterocycles. The van der Waals surface area contributed by atoms with Crippen molar-refractivity contribution in [3.8, 4) is 0 Å². The molecular weight excluding hydrogens is 274 g/mol. The molecule has 0 aromatic heterocycles. The van der Waals surface area contributed by atoms with Gasteiger partial charge in [0.2, 0.25) is 5.91 Å². The van der Waals surface area contributed by atoms with Gasteiger partial charge in [-0.15, -0.1) is 11.6 Å². The summed E-state index contributed by atoms with van der Waals surface area (Å²) in [5, 5.41) is -0.425. The molecule has 0 N–H and O–H groups in total. The van der Waals surface area contributed by atoms with E-state index in [0.717, 1.165) is 26.0 Å². The van der Waals surface area contributed by atoms with Crippen molar-refractivity contribution in [1.82, 2.24) is 4.90 Å². The molecule has 0 aromatic carbocycles. The Labute approximate surface area is 128 Å². The quantitative estimate of drug-likeness (QED) is 0.702. The van der Waals surface area contributed by atoms with Crippen molar-refractivity contribution in [1.29, 1.82) is 0 Å². The molecule has 1 spiro atoms. The van der Waals surface area contributed by atoms with Crippen LogP contribution in [0, 0.1) is 5.41 Å². The molecule has 4 heteroatoms. The number of amides is 1. The van der Waals surface area contributed by atoms with Gasteiger partial charge in [0.15, 0.2) is 0 Å². The maximum Gasteiger partial charge on any atom is 0.240 e. The maximum atomic E-state index is 12.4. The molecule has 3 nitrogen and oxygen atoms in total. The first-order valence-corrected chi connectivity index (χ1v) is 8.56. The first-order chi connectivity index (χ1) is 9.56. The molecule has 0 aromatic rings. The number of carbonyl (C=O) groups excluding carboxylic acids is 1. The van der Waals surface area contributed by atoms with Crippen LogP contribution in [-0.2, 0) is 9.53 Å². The van der Waals surface area contributed by atoms with Crippen LogP contribution >= 0.6 is 11.6 Å². The van der Waals surface area contributed by atoms with E-state index >= 15 is 0 Å². The average molecular weight is 302 g/mol. The summed E-state index contributed by atoms with van der Waals surface area (Å²) in [4.78, 5) is 14.5. The van der Waals surface area contributed by atoms with Gasteiger partial charge in [0.05, 0.1) is 6.10 Å². The SMILES string of the molecule is CCCN(C(=O)C(C)Cl)C1CC(OCC)C12CCCC2. The molecule has 20 heavy (non-hydrogen) atoms. The smallest absolute Gasteiger partial charge is 0.240 e. The van der Waals surface area contributed by atoms with Crippen LogP contribution in [0.2, 0.25) is 0 Å². The number of nitrogens with zero attached hydrogens (tertiary/aromatic N) is 1. The summed E-state index contributed by atoms with van der Waals surface area (Å²) in [6.45, 7) is 7.56. The van der Waals surface area contributed by atoms with E-state index in [4.69, 9.17) is 16.3 Å². The third kappa shape index (κ3) is 2.71. The molecule has 0 bridgehead atoms. The highest BCUT2D eigenvalue weighted by atomic mass is 35.5. The highest BCUT2D eigenvalue weighted by Crippen LogP contribution is 2.56. The Morgan fingerprint density at radius 3 is 2.55 bits per heavy atom. The lowest BCUT2D eigenvalue weighted by atomic mass is 9.59. The molecular formula is C16H28ClNO2. The van der Waals surface area contributed by atoms with E-state index in [9.17, 15) is 4.79 Å². The Bertz CT molecular complexity index is 339. The molecule has 3 atom stereocenters. The normalized spacial score (nSPS) is 29.2. The van der Waals surface area contributed by atoms with Crippen LogP contribution in [0.5, 0.6) is 0 Å². The Morgan fingerprint density at radius 1 is 1.40 bits per heavy atom. The highest BCUT2D eigenvalue weighted by Gasteiger charge is 2.59. The second-order valence-electron chi connectivity index (χ2n) is 6.28. The van der Waals surface area contributed by atoms with E-state index in [1.165, 1.54) is 25.7 Å². The van der Waals surface area contributed by atoms with Crippen molar-refractivity contribution >= 4 is 17.5 Å². The molecule has 2 aliphatic rings. The minimum Gasteiger partial charge on any atom is -0.378 e. The summed E-state index contributed by atoms with van der Waals surface area (Å²) in [5.74, 6) is 0.0970. The lowest BCUT2D eigenvalue weighted by Crippen LogP contribution is -2.65. The minimum absolute atomic E-state index is 0.0970. The summed E-state index contributed by atoms with van der Waals surface area (Å²) in [7, 11) is 0. The fraction of sp³-hybridized carbons (Fsp3) is 0.938.